The van der Waals surface area contributed by atoms with Gasteiger partial charge in [-0.3, -0.25) is 14.3 Å². The molecular weight excluding hydrogens is 234 g/mol. The Bertz CT molecular complexity index is 436. The molecule has 0 radical (unpaired) electrons. The standard InChI is InChI=1S/C12H19N3O3/c1-4-9(5-2)15-10(6-8(3)14-15)12(18)13-7-11(16)17/h6,9H,4-5,7H2,1-3H3,(H,13,18)(H,16,17). The van der Waals surface area contributed by atoms with Crippen molar-refractivity contribution >= 4 is 11.9 Å². The lowest BCUT2D eigenvalue weighted by atomic mass is 10.1. The average Bonchev–Trinajstić information content (AvgIpc) is 2.70. The van der Waals surface area contributed by atoms with Crippen molar-refractivity contribution in [3.63, 3.8) is 0 Å². The molecule has 6 heteroatoms. The monoisotopic (exact) mass is 253 g/mol. The molecule has 0 spiro atoms. The van der Waals surface area contributed by atoms with Gasteiger partial charge in [0, 0.05) is 0 Å². The molecule has 1 heterocycles. The molecule has 1 rings (SSSR count). The van der Waals surface area contributed by atoms with Gasteiger partial charge in [-0.15, -0.1) is 0 Å². The average molecular weight is 253 g/mol. The zero-order valence-corrected chi connectivity index (χ0v) is 10.9. The SMILES string of the molecule is CCC(CC)n1nc(C)cc1C(=O)NCC(=O)O. The highest BCUT2D eigenvalue weighted by atomic mass is 16.4. The maximum atomic E-state index is 11.9. The summed E-state index contributed by atoms with van der Waals surface area (Å²) in [6.07, 6.45) is 1.74. The second kappa shape index (κ2) is 6.18. The minimum Gasteiger partial charge on any atom is -0.480 e. The van der Waals surface area contributed by atoms with Gasteiger partial charge in [0.25, 0.3) is 5.91 Å². The quantitative estimate of drug-likeness (QED) is 0.801. The second-order valence-electron chi connectivity index (χ2n) is 4.16. The molecule has 18 heavy (non-hydrogen) atoms. The molecule has 0 atom stereocenters. The molecule has 0 aliphatic heterocycles. The lowest BCUT2D eigenvalue weighted by Gasteiger charge is -2.16. The first-order valence-corrected chi connectivity index (χ1v) is 6.05. The summed E-state index contributed by atoms with van der Waals surface area (Å²) in [6.45, 7) is 5.49. The number of aliphatic carboxylic acids is 1. The van der Waals surface area contributed by atoms with Crippen LogP contribution < -0.4 is 5.32 Å². The van der Waals surface area contributed by atoms with Gasteiger partial charge in [-0.25, -0.2) is 0 Å². The summed E-state index contributed by atoms with van der Waals surface area (Å²) in [6, 6.07) is 1.83. The molecule has 0 aliphatic carbocycles. The van der Waals surface area contributed by atoms with E-state index in [1.165, 1.54) is 0 Å². The van der Waals surface area contributed by atoms with Crippen LogP contribution in [-0.2, 0) is 4.79 Å². The number of amides is 1. The summed E-state index contributed by atoms with van der Waals surface area (Å²) < 4.78 is 1.69. The highest BCUT2D eigenvalue weighted by Gasteiger charge is 2.18. The van der Waals surface area contributed by atoms with Crippen molar-refractivity contribution in [1.82, 2.24) is 15.1 Å². The topological polar surface area (TPSA) is 84.2 Å². The van der Waals surface area contributed by atoms with E-state index in [2.05, 4.69) is 10.4 Å². The zero-order chi connectivity index (χ0) is 13.7. The van der Waals surface area contributed by atoms with Crippen LogP contribution >= 0.6 is 0 Å². The predicted octanol–water partition coefficient (Wildman–Crippen LogP) is 1.37. The van der Waals surface area contributed by atoms with Crippen molar-refractivity contribution < 1.29 is 14.7 Å². The molecule has 0 fully saturated rings. The van der Waals surface area contributed by atoms with Gasteiger partial charge in [0.05, 0.1) is 11.7 Å². The van der Waals surface area contributed by atoms with Crippen LogP contribution in [0.2, 0.25) is 0 Å². The number of carbonyl (C=O) groups excluding carboxylic acids is 1. The van der Waals surface area contributed by atoms with E-state index in [1.54, 1.807) is 10.7 Å². The number of hydrogen-bond donors (Lipinski definition) is 2. The van der Waals surface area contributed by atoms with Crippen LogP contribution in [0.25, 0.3) is 0 Å². The van der Waals surface area contributed by atoms with Crippen molar-refractivity contribution in [2.24, 2.45) is 0 Å². The molecule has 100 valence electrons. The fourth-order valence-corrected chi connectivity index (χ4v) is 1.85. The van der Waals surface area contributed by atoms with E-state index in [9.17, 15) is 9.59 Å². The van der Waals surface area contributed by atoms with Crippen molar-refractivity contribution in [2.75, 3.05) is 6.54 Å². The fraction of sp³-hybridized carbons (Fsp3) is 0.583. The molecule has 1 aromatic rings. The Hall–Kier alpha value is -1.85. The van der Waals surface area contributed by atoms with Crippen LogP contribution in [0.15, 0.2) is 6.07 Å². The Morgan fingerprint density at radius 2 is 2.06 bits per heavy atom. The maximum Gasteiger partial charge on any atom is 0.322 e. The molecule has 1 amide bonds. The molecular formula is C12H19N3O3. The van der Waals surface area contributed by atoms with Gasteiger partial charge in [-0.1, -0.05) is 13.8 Å². The molecule has 0 aromatic carbocycles. The van der Waals surface area contributed by atoms with Gasteiger partial charge >= 0.3 is 5.97 Å². The first kappa shape index (κ1) is 14.2. The maximum absolute atomic E-state index is 11.9. The number of carboxylic acids is 1. The van der Waals surface area contributed by atoms with E-state index in [0.717, 1.165) is 18.5 Å². The molecule has 0 aliphatic rings. The summed E-state index contributed by atoms with van der Waals surface area (Å²) in [5.41, 5.74) is 1.17. The number of carbonyl (C=O) groups is 2. The Kier molecular flexibility index (Phi) is 4.88. The third kappa shape index (κ3) is 3.32. The van der Waals surface area contributed by atoms with Crippen LogP contribution in [0.1, 0.15) is 48.9 Å². The van der Waals surface area contributed by atoms with Gasteiger partial charge in [-0.2, -0.15) is 5.10 Å². The molecule has 0 saturated heterocycles. The van der Waals surface area contributed by atoms with E-state index in [4.69, 9.17) is 5.11 Å². The lowest BCUT2D eigenvalue weighted by Crippen LogP contribution is -2.31. The molecule has 2 N–H and O–H groups in total. The second-order valence-corrected chi connectivity index (χ2v) is 4.16. The summed E-state index contributed by atoms with van der Waals surface area (Å²) >= 11 is 0. The van der Waals surface area contributed by atoms with Crippen molar-refractivity contribution in [1.29, 1.82) is 0 Å². The third-order valence-corrected chi connectivity index (χ3v) is 2.78. The van der Waals surface area contributed by atoms with E-state index >= 15 is 0 Å². The Labute approximate surface area is 106 Å². The Balaban J connectivity index is 2.93. The van der Waals surface area contributed by atoms with Crippen molar-refractivity contribution in [3.8, 4) is 0 Å². The largest absolute Gasteiger partial charge is 0.480 e. The number of hydrogen-bond acceptors (Lipinski definition) is 3. The third-order valence-electron chi connectivity index (χ3n) is 2.78. The van der Waals surface area contributed by atoms with Gasteiger partial charge in [0.1, 0.15) is 12.2 Å². The van der Waals surface area contributed by atoms with Gasteiger partial charge in [-0.05, 0) is 25.8 Å². The summed E-state index contributed by atoms with van der Waals surface area (Å²) in [4.78, 5) is 22.3. The fourth-order valence-electron chi connectivity index (χ4n) is 1.85. The minimum atomic E-state index is -1.06. The van der Waals surface area contributed by atoms with E-state index in [-0.39, 0.29) is 12.6 Å². The van der Waals surface area contributed by atoms with Crippen LogP contribution in [0.5, 0.6) is 0 Å². The summed E-state index contributed by atoms with van der Waals surface area (Å²) in [7, 11) is 0. The number of nitrogens with zero attached hydrogens (tertiary/aromatic N) is 2. The normalized spacial score (nSPS) is 10.7. The number of nitrogens with one attached hydrogen (secondary N) is 1. The van der Waals surface area contributed by atoms with Crippen LogP contribution in [0, 0.1) is 6.92 Å². The van der Waals surface area contributed by atoms with Gasteiger partial charge in [0.2, 0.25) is 0 Å². The summed E-state index contributed by atoms with van der Waals surface area (Å²) in [5, 5.41) is 15.2. The van der Waals surface area contributed by atoms with E-state index < -0.39 is 11.9 Å². The van der Waals surface area contributed by atoms with Gasteiger partial charge < -0.3 is 10.4 Å². The number of aromatic nitrogens is 2. The van der Waals surface area contributed by atoms with E-state index in [1.807, 2.05) is 20.8 Å². The summed E-state index contributed by atoms with van der Waals surface area (Å²) in [5.74, 6) is -1.46. The molecule has 0 saturated carbocycles. The van der Waals surface area contributed by atoms with Gasteiger partial charge in [0.15, 0.2) is 0 Å². The van der Waals surface area contributed by atoms with E-state index in [0.29, 0.717) is 5.69 Å². The highest BCUT2D eigenvalue weighted by molar-refractivity contribution is 5.94. The smallest absolute Gasteiger partial charge is 0.322 e. The van der Waals surface area contributed by atoms with Crippen LogP contribution in [0.4, 0.5) is 0 Å². The van der Waals surface area contributed by atoms with Crippen molar-refractivity contribution in [2.45, 2.75) is 39.7 Å². The van der Waals surface area contributed by atoms with Crippen molar-refractivity contribution in [3.05, 3.63) is 17.5 Å². The molecule has 0 bridgehead atoms. The first-order valence-electron chi connectivity index (χ1n) is 6.05. The zero-order valence-electron chi connectivity index (χ0n) is 10.9. The first-order chi connectivity index (χ1) is 8.49. The molecule has 0 unspecified atom stereocenters. The lowest BCUT2D eigenvalue weighted by molar-refractivity contribution is -0.135. The highest BCUT2D eigenvalue weighted by Crippen LogP contribution is 2.18. The Morgan fingerprint density at radius 3 is 2.56 bits per heavy atom. The predicted molar refractivity (Wildman–Crippen MR) is 66.6 cm³/mol. The van der Waals surface area contributed by atoms with Crippen LogP contribution in [0.3, 0.4) is 0 Å². The number of aryl methyl sites for hydroxylation is 1. The number of carboxylic acid groups (broad SMARTS) is 1. The minimum absolute atomic E-state index is 0.157. The molecule has 6 nitrogen and oxygen atoms in total. The Morgan fingerprint density at radius 1 is 1.44 bits per heavy atom. The molecule has 1 aromatic heterocycles. The van der Waals surface area contributed by atoms with Crippen LogP contribution in [-0.4, -0.2) is 33.3 Å². The number of rotatable bonds is 6.